The van der Waals surface area contributed by atoms with Crippen LogP contribution in [0.15, 0.2) is 22.6 Å². The molecule has 2 rings (SSSR count). The van der Waals surface area contributed by atoms with Gasteiger partial charge in [0.2, 0.25) is 0 Å². The zero-order valence-corrected chi connectivity index (χ0v) is 13.3. The molecule has 0 spiro atoms. The number of hydrogen-bond donors (Lipinski definition) is 2. The lowest BCUT2D eigenvalue weighted by Gasteiger charge is -2.22. The number of anilines is 2. The van der Waals surface area contributed by atoms with Gasteiger partial charge >= 0.3 is 0 Å². The number of hydrogen-bond acceptors (Lipinski definition) is 6. The predicted molar refractivity (Wildman–Crippen MR) is 84.1 cm³/mol. The Hall–Kier alpha value is -2.08. The molecule has 0 saturated heterocycles. The minimum Gasteiger partial charge on any atom is -0.464 e. The van der Waals surface area contributed by atoms with Gasteiger partial charge < -0.3 is 14.7 Å². The Morgan fingerprint density at radius 1 is 1.29 bits per heavy atom. The Labute approximate surface area is 125 Å². The van der Waals surface area contributed by atoms with Crippen LogP contribution in [-0.4, -0.2) is 17.0 Å². The topological polar surface area (TPSA) is 80.2 Å². The Morgan fingerprint density at radius 3 is 2.52 bits per heavy atom. The van der Waals surface area contributed by atoms with Gasteiger partial charge in [-0.25, -0.2) is 15.8 Å². The maximum Gasteiger partial charge on any atom is 0.145 e. The maximum atomic E-state index is 5.60. The summed E-state index contributed by atoms with van der Waals surface area (Å²) in [4.78, 5) is 11.1. The van der Waals surface area contributed by atoms with Crippen molar-refractivity contribution in [2.75, 3.05) is 17.4 Å². The molecule has 2 aromatic rings. The van der Waals surface area contributed by atoms with E-state index in [4.69, 9.17) is 10.3 Å². The highest BCUT2D eigenvalue weighted by Crippen LogP contribution is 2.24. The molecule has 0 aromatic carbocycles. The molecule has 0 bridgehead atoms. The van der Waals surface area contributed by atoms with Crippen LogP contribution < -0.4 is 16.2 Å². The van der Waals surface area contributed by atoms with E-state index in [1.807, 2.05) is 37.1 Å². The van der Waals surface area contributed by atoms with E-state index in [2.05, 4.69) is 36.2 Å². The highest BCUT2D eigenvalue weighted by Gasteiger charge is 2.20. The van der Waals surface area contributed by atoms with Gasteiger partial charge in [0.05, 0.1) is 6.54 Å². The number of hydrazine groups is 1. The lowest BCUT2D eigenvalue weighted by atomic mass is 9.96. The van der Waals surface area contributed by atoms with Crippen molar-refractivity contribution in [2.24, 2.45) is 5.84 Å². The Balaban J connectivity index is 2.29. The minimum absolute atomic E-state index is 0.149. The lowest BCUT2D eigenvalue weighted by molar-refractivity contribution is 0.480. The third kappa shape index (κ3) is 3.72. The summed E-state index contributed by atoms with van der Waals surface area (Å²) >= 11 is 0. The summed E-state index contributed by atoms with van der Waals surface area (Å²) < 4.78 is 5.60. The van der Waals surface area contributed by atoms with Crippen molar-refractivity contribution >= 4 is 11.6 Å². The molecule has 0 aliphatic rings. The second kappa shape index (κ2) is 5.73. The summed E-state index contributed by atoms with van der Waals surface area (Å²) in [6.07, 6.45) is 0. The largest absolute Gasteiger partial charge is 0.464 e. The van der Waals surface area contributed by atoms with E-state index in [1.165, 1.54) is 0 Å². The molecular formula is C15H23N5O. The molecule has 114 valence electrons. The van der Waals surface area contributed by atoms with E-state index in [0.29, 0.717) is 12.4 Å². The smallest absolute Gasteiger partial charge is 0.145 e. The van der Waals surface area contributed by atoms with Crippen molar-refractivity contribution in [1.82, 2.24) is 9.97 Å². The van der Waals surface area contributed by atoms with Crippen LogP contribution in [0.25, 0.3) is 0 Å². The fraction of sp³-hybridized carbons (Fsp3) is 0.467. The Kier molecular flexibility index (Phi) is 4.18. The normalized spacial score (nSPS) is 11.5. The lowest BCUT2D eigenvalue weighted by Crippen LogP contribution is -2.23. The van der Waals surface area contributed by atoms with Gasteiger partial charge in [-0.05, 0) is 19.1 Å². The van der Waals surface area contributed by atoms with E-state index in [1.54, 1.807) is 0 Å². The fourth-order valence-electron chi connectivity index (χ4n) is 1.92. The number of nitrogens with two attached hydrogens (primary N) is 1. The van der Waals surface area contributed by atoms with Crippen LogP contribution in [0.3, 0.4) is 0 Å². The first-order valence-corrected chi connectivity index (χ1v) is 6.92. The van der Waals surface area contributed by atoms with Gasteiger partial charge in [-0.15, -0.1) is 0 Å². The zero-order valence-electron chi connectivity index (χ0n) is 13.3. The molecule has 21 heavy (non-hydrogen) atoms. The fourth-order valence-corrected chi connectivity index (χ4v) is 1.92. The Bertz CT molecular complexity index is 615. The number of nitrogens with zero attached hydrogens (tertiary/aromatic N) is 3. The van der Waals surface area contributed by atoms with Crippen LogP contribution in [0.1, 0.15) is 38.1 Å². The number of furan rings is 1. The number of aryl methyl sites for hydroxylation is 1. The van der Waals surface area contributed by atoms with Crippen LogP contribution in [0, 0.1) is 6.92 Å². The number of rotatable bonds is 4. The van der Waals surface area contributed by atoms with Crippen LogP contribution in [0.5, 0.6) is 0 Å². The first kappa shape index (κ1) is 15.3. The molecule has 2 heterocycles. The van der Waals surface area contributed by atoms with E-state index in [9.17, 15) is 0 Å². The average Bonchev–Trinajstić information content (AvgIpc) is 2.82. The van der Waals surface area contributed by atoms with E-state index >= 15 is 0 Å². The van der Waals surface area contributed by atoms with E-state index < -0.39 is 0 Å². The highest BCUT2D eigenvalue weighted by molar-refractivity contribution is 5.49. The van der Waals surface area contributed by atoms with Gasteiger partial charge in [0, 0.05) is 18.5 Å². The first-order valence-electron chi connectivity index (χ1n) is 6.92. The number of nitrogen functional groups attached to an aromatic ring is 1. The van der Waals surface area contributed by atoms with Gasteiger partial charge in [-0.3, -0.25) is 0 Å². The second-order valence-corrected chi connectivity index (χ2v) is 6.20. The predicted octanol–water partition coefficient (Wildman–Crippen LogP) is 2.60. The van der Waals surface area contributed by atoms with Crippen molar-refractivity contribution in [1.29, 1.82) is 0 Å². The third-order valence-electron chi connectivity index (χ3n) is 3.11. The van der Waals surface area contributed by atoms with Crippen molar-refractivity contribution < 1.29 is 4.42 Å². The van der Waals surface area contributed by atoms with Gasteiger partial charge in [-0.2, -0.15) is 0 Å². The minimum atomic E-state index is -0.149. The van der Waals surface area contributed by atoms with Crippen LogP contribution in [0.2, 0.25) is 0 Å². The molecule has 0 amide bonds. The van der Waals surface area contributed by atoms with Crippen LogP contribution in [-0.2, 0) is 12.0 Å². The maximum absolute atomic E-state index is 5.60. The summed E-state index contributed by atoms with van der Waals surface area (Å²) in [5, 5.41) is 0. The summed E-state index contributed by atoms with van der Waals surface area (Å²) in [6.45, 7) is 8.79. The van der Waals surface area contributed by atoms with Crippen LogP contribution >= 0.6 is 0 Å². The third-order valence-corrected chi connectivity index (χ3v) is 3.11. The molecule has 0 fully saturated rings. The summed E-state index contributed by atoms with van der Waals surface area (Å²) in [5.74, 6) is 9.46. The first-order chi connectivity index (χ1) is 9.79. The molecule has 0 unspecified atom stereocenters. The molecule has 0 aliphatic heterocycles. The van der Waals surface area contributed by atoms with E-state index in [-0.39, 0.29) is 5.41 Å². The number of aromatic nitrogens is 2. The van der Waals surface area contributed by atoms with Crippen molar-refractivity contribution in [3.63, 3.8) is 0 Å². The number of nitrogens with one attached hydrogen (secondary N) is 1. The van der Waals surface area contributed by atoms with Crippen LogP contribution in [0.4, 0.5) is 11.6 Å². The molecular weight excluding hydrogens is 266 g/mol. The SMILES string of the molecule is Cc1ccc(CN(C)c2cc(NN)nc(C(C)(C)C)n2)o1. The quantitative estimate of drug-likeness (QED) is 0.665. The average molecular weight is 289 g/mol. The standard InChI is InChI=1S/C15H23N5O/c1-10-6-7-11(21-10)9-20(5)13-8-12(19-16)17-14(18-13)15(2,3)4/h6-8H,9,16H2,1-5H3,(H,17,18,19). The van der Waals surface area contributed by atoms with Crippen molar-refractivity contribution in [2.45, 2.75) is 39.7 Å². The van der Waals surface area contributed by atoms with Gasteiger partial charge in [0.15, 0.2) is 0 Å². The zero-order chi connectivity index (χ0) is 15.6. The molecule has 6 heteroatoms. The molecule has 3 N–H and O–H groups in total. The van der Waals surface area contributed by atoms with Gasteiger partial charge in [0.1, 0.15) is 29.0 Å². The monoisotopic (exact) mass is 289 g/mol. The van der Waals surface area contributed by atoms with Gasteiger partial charge in [-0.1, -0.05) is 20.8 Å². The Morgan fingerprint density at radius 2 is 2.00 bits per heavy atom. The molecule has 0 aliphatic carbocycles. The summed E-state index contributed by atoms with van der Waals surface area (Å²) in [5.41, 5.74) is 2.45. The molecule has 6 nitrogen and oxygen atoms in total. The van der Waals surface area contributed by atoms with Crippen molar-refractivity contribution in [3.8, 4) is 0 Å². The summed E-state index contributed by atoms with van der Waals surface area (Å²) in [7, 11) is 1.97. The highest BCUT2D eigenvalue weighted by atomic mass is 16.3. The molecule has 2 aromatic heterocycles. The van der Waals surface area contributed by atoms with Gasteiger partial charge in [0.25, 0.3) is 0 Å². The molecule has 0 radical (unpaired) electrons. The molecule has 0 atom stereocenters. The molecule has 0 saturated carbocycles. The van der Waals surface area contributed by atoms with Crippen molar-refractivity contribution in [3.05, 3.63) is 35.5 Å². The van der Waals surface area contributed by atoms with E-state index in [0.717, 1.165) is 23.2 Å². The second-order valence-electron chi connectivity index (χ2n) is 6.20. The summed E-state index contributed by atoms with van der Waals surface area (Å²) in [6, 6.07) is 5.75.